The summed E-state index contributed by atoms with van der Waals surface area (Å²) in [6.45, 7) is 8.28. The fourth-order valence-electron chi connectivity index (χ4n) is 6.27. The first-order valence-electron chi connectivity index (χ1n) is 15.2. The lowest BCUT2D eigenvalue weighted by molar-refractivity contribution is 0.0602. The number of aromatic amines is 2. The van der Waals surface area contributed by atoms with E-state index in [1.165, 1.54) is 7.11 Å². The zero-order valence-corrected chi connectivity index (χ0v) is 28.5. The zero-order valence-electron chi connectivity index (χ0n) is 27.0. The molecule has 0 bridgehead atoms. The number of benzene rings is 3. The van der Waals surface area contributed by atoms with E-state index in [0.717, 1.165) is 60.9 Å². The van der Waals surface area contributed by atoms with E-state index in [9.17, 15) is 9.59 Å². The van der Waals surface area contributed by atoms with E-state index in [-0.39, 0.29) is 5.91 Å². The maximum absolute atomic E-state index is 14.1. The molecular weight excluding hydrogens is 637 g/mol. The Morgan fingerprint density at radius 1 is 0.979 bits per heavy atom. The molecule has 0 saturated heterocycles. The number of methoxy groups -OCH3 is 1. The van der Waals surface area contributed by atoms with E-state index >= 15 is 0 Å². The second-order valence-electron chi connectivity index (χ2n) is 11.7. The van der Waals surface area contributed by atoms with Gasteiger partial charge >= 0.3 is 5.97 Å². The van der Waals surface area contributed by atoms with Crippen LogP contribution in [0.25, 0.3) is 32.9 Å². The summed E-state index contributed by atoms with van der Waals surface area (Å²) in [7, 11) is 3.22. The molecule has 9 nitrogen and oxygen atoms in total. The Balaban J connectivity index is 1.39. The van der Waals surface area contributed by atoms with Crippen LogP contribution in [0.15, 0.2) is 48.7 Å². The third-order valence-corrected chi connectivity index (χ3v) is 9.51. The van der Waals surface area contributed by atoms with E-state index in [4.69, 9.17) is 32.7 Å². The number of carbonyl (C=O) groups is 2. The molecule has 1 amide bonds. The average Bonchev–Trinajstić information content (AvgIpc) is 3.73. The number of rotatable bonds is 9. The number of ether oxygens (including phenoxy) is 2. The molecule has 0 aliphatic heterocycles. The molecule has 0 radical (unpaired) electrons. The van der Waals surface area contributed by atoms with Crippen LogP contribution in [0.2, 0.25) is 10.0 Å². The van der Waals surface area contributed by atoms with Gasteiger partial charge in [-0.2, -0.15) is 5.10 Å². The van der Waals surface area contributed by atoms with E-state index < -0.39 is 5.97 Å². The molecule has 3 N–H and O–H groups in total. The van der Waals surface area contributed by atoms with Crippen LogP contribution in [0, 0.1) is 27.7 Å². The lowest BCUT2D eigenvalue weighted by Gasteiger charge is -2.11. The first-order valence-corrected chi connectivity index (χ1v) is 16.0. The maximum Gasteiger partial charge on any atom is 0.338 e. The number of esters is 1. The van der Waals surface area contributed by atoms with E-state index in [0.29, 0.717) is 52.3 Å². The number of nitrogens with zero attached hydrogens (tertiary/aromatic N) is 2. The van der Waals surface area contributed by atoms with Gasteiger partial charge in [-0.15, -0.1) is 0 Å². The zero-order chi connectivity index (χ0) is 33.6. The van der Waals surface area contributed by atoms with Crippen molar-refractivity contribution in [2.75, 3.05) is 19.0 Å². The van der Waals surface area contributed by atoms with E-state index in [1.807, 2.05) is 63.7 Å². The van der Waals surface area contributed by atoms with Gasteiger partial charge in [0.1, 0.15) is 11.4 Å². The molecule has 242 valence electrons. The number of nitrogens with one attached hydrogen (secondary N) is 3. The van der Waals surface area contributed by atoms with Gasteiger partial charge in [-0.1, -0.05) is 29.3 Å². The predicted molar refractivity (Wildman–Crippen MR) is 187 cm³/mol. The van der Waals surface area contributed by atoms with Crippen LogP contribution in [0.5, 0.6) is 5.75 Å². The van der Waals surface area contributed by atoms with Crippen molar-refractivity contribution in [3.8, 4) is 16.9 Å². The van der Waals surface area contributed by atoms with Crippen LogP contribution in [0.3, 0.4) is 0 Å². The predicted octanol–water partition coefficient (Wildman–Crippen LogP) is 8.64. The van der Waals surface area contributed by atoms with Gasteiger partial charge in [0.05, 0.1) is 35.5 Å². The van der Waals surface area contributed by atoms with E-state index in [1.54, 1.807) is 24.4 Å². The smallest absolute Gasteiger partial charge is 0.338 e. The van der Waals surface area contributed by atoms with Crippen LogP contribution in [0.1, 0.15) is 55.3 Å². The van der Waals surface area contributed by atoms with Gasteiger partial charge in [-0.05, 0) is 93.6 Å². The van der Waals surface area contributed by atoms with Gasteiger partial charge in [0.2, 0.25) is 0 Å². The van der Waals surface area contributed by atoms with Gasteiger partial charge in [0, 0.05) is 57.1 Å². The van der Waals surface area contributed by atoms with E-state index in [2.05, 4.69) is 20.4 Å². The number of amides is 1. The minimum atomic E-state index is -0.496. The largest absolute Gasteiger partial charge is 0.494 e. The highest BCUT2D eigenvalue weighted by Gasteiger charge is 2.25. The topological polar surface area (TPSA) is 114 Å². The van der Waals surface area contributed by atoms with Gasteiger partial charge in [-0.3, -0.25) is 9.48 Å². The number of hydrogen-bond donors (Lipinski definition) is 3. The molecule has 6 aromatic rings. The van der Waals surface area contributed by atoms with Crippen molar-refractivity contribution in [1.82, 2.24) is 19.7 Å². The van der Waals surface area contributed by atoms with Crippen LogP contribution < -0.4 is 10.1 Å². The Morgan fingerprint density at radius 3 is 2.40 bits per heavy atom. The molecule has 0 unspecified atom stereocenters. The van der Waals surface area contributed by atoms with Gasteiger partial charge in [0.15, 0.2) is 0 Å². The molecule has 0 spiro atoms. The molecule has 0 aliphatic carbocycles. The van der Waals surface area contributed by atoms with Crippen LogP contribution in [-0.2, 0) is 18.2 Å². The van der Waals surface area contributed by atoms with Gasteiger partial charge in [-0.25, -0.2) is 4.79 Å². The average molecular weight is 673 g/mol. The molecule has 11 heteroatoms. The quantitative estimate of drug-likeness (QED) is 0.105. The summed E-state index contributed by atoms with van der Waals surface area (Å²) in [5, 5.41) is 10.5. The highest BCUT2D eigenvalue weighted by Crippen LogP contribution is 2.40. The molecule has 3 heterocycles. The number of H-pyrrole nitrogens is 2. The SMILES string of the molecule is COC(=O)c1cc(NC(=O)c2[nH]c3c(-c4c(C)nn(C)c4C)c(Cl)ccc3c2CCCOc2cc(C)c(Cl)c(C)c2)cc2[nH]ccc12. The van der Waals surface area contributed by atoms with Crippen molar-refractivity contribution in [3.05, 3.63) is 98.0 Å². The second kappa shape index (κ2) is 12.8. The normalized spacial score (nSPS) is 11.4. The first-order chi connectivity index (χ1) is 22.5. The molecule has 47 heavy (non-hydrogen) atoms. The van der Waals surface area contributed by atoms with Gasteiger partial charge < -0.3 is 24.8 Å². The number of anilines is 1. The molecule has 0 atom stereocenters. The van der Waals surface area contributed by atoms with Crippen molar-refractivity contribution in [2.45, 2.75) is 40.5 Å². The Labute approximate surface area is 282 Å². The highest BCUT2D eigenvalue weighted by atomic mass is 35.5. The first kappa shape index (κ1) is 32.2. The van der Waals surface area contributed by atoms with Gasteiger partial charge in [0.25, 0.3) is 5.91 Å². The lowest BCUT2D eigenvalue weighted by atomic mass is 9.98. The molecule has 3 aromatic heterocycles. The second-order valence-corrected chi connectivity index (χ2v) is 12.5. The van der Waals surface area contributed by atoms with Crippen LogP contribution >= 0.6 is 23.2 Å². The Morgan fingerprint density at radius 2 is 1.72 bits per heavy atom. The summed E-state index contributed by atoms with van der Waals surface area (Å²) in [4.78, 5) is 33.2. The number of hydrogen-bond acceptors (Lipinski definition) is 5. The summed E-state index contributed by atoms with van der Waals surface area (Å²) in [6.07, 6.45) is 2.92. The minimum absolute atomic E-state index is 0.347. The monoisotopic (exact) mass is 671 g/mol. The highest BCUT2D eigenvalue weighted by molar-refractivity contribution is 6.35. The van der Waals surface area contributed by atoms with Crippen molar-refractivity contribution >= 4 is 62.6 Å². The Bertz CT molecular complexity index is 2170. The molecule has 3 aromatic carbocycles. The van der Waals surface area contributed by atoms with Crippen LogP contribution in [0.4, 0.5) is 5.69 Å². The number of aryl methyl sites for hydroxylation is 5. The fraction of sp³-hybridized carbons (Fsp3) is 0.250. The number of halogens is 2. The van der Waals surface area contributed by atoms with Crippen molar-refractivity contribution in [2.24, 2.45) is 7.05 Å². The standard InChI is InChI=1S/C36H35Cl2N5O4/c1-18-14-23(15-19(2)32(18)38)47-13-7-8-25-26-9-10-28(37)31(30-20(3)42-43(5)21(30)4)33(26)41-34(25)35(44)40-22-16-27(36(45)46-6)24-11-12-39-29(24)17-22/h9-12,14-17,39,41H,7-8,13H2,1-6H3,(H,40,44). The number of fused-ring (bicyclic) bond motifs is 2. The summed E-state index contributed by atoms with van der Waals surface area (Å²) in [5.74, 6) is -0.104. The van der Waals surface area contributed by atoms with Crippen molar-refractivity contribution in [3.63, 3.8) is 0 Å². The maximum atomic E-state index is 14.1. The van der Waals surface area contributed by atoms with Crippen molar-refractivity contribution < 1.29 is 19.1 Å². The van der Waals surface area contributed by atoms with Crippen LogP contribution in [-0.4, -0.2) is 45.3 Å². The third kappa shape index (κ3) is 5.97. The fourth-order valence-corrected chi connectivity index (χ4v) is 6.63. The Hall–Kier alpha value is -4.73. The third-order valence-electron chi connectivity index (χ3n) is 8.60. The summed E-state index contributed by atoms with van der Waals surface area (Å²) in [5.41, 5.74) is 8.86. The summed E-state index contributed by atoms with van der Waals surface area (Å²) < 4.78 is 12.9. The molecule has 0 fully saturated rings. The number of aromatic nitrogens is 4. The van der Waals surface area contributed by atoms with Crippen molar-refractivity contribution in [1.29, 1.82) is 0 Å². The summed E-state index contributed by atoms with van der Waals surface area (Å²) >= 11 is 13.2. The molecule has 0 aliphatic rings. The lowest BCUT2D eigenvalue weighted by Crippen LogP contribution is -2.15. The molecular formula is C36H35Cl2N5O4. The molecule has 0 saturated carbocycles. The minimum Gasteiger partial charge on any atom is -0.494 e. The Kier molecular flexibility index (Phi) is 8.78. The molecule has 6 rings (SSSR count). The number of carbonyl (C=O) groups excluding carboxylic acids is 2. The summed E-state index contributed by atoms with van der Waals surface area (Å²) in [6, 6.07) is 12.9.